The fourth-order valence-corrected chi connectivity index (χ4v) is 2.95. The van der Waals surface area contributed by atoms with E-state index in [9.17, 15) is 9.59 Å². The van der Waals surface area contributed by atoms with Crippen molar-refractivity contribution in [2.45, 2.75) is 64.5 Å². The number of carboxylic acids is 1. The number of likely N-dealkylation sites (N-methyl/N-ethyl adjacent to an activating group) is 1. The quantitative estimate of drug-likeness (QED) is 0.776. The van der Waals surface area contributed by atoms with Crippen LogP contribution in [0.1, 0.15) is 52.4 Å². The van der Waals surface area contributed by atoms with Crippen molar-refractivity contribution in [1.82, 2.24) is 9.80 Å². The standard InChI is InChI=1S/C15H28N2O3/c1-12(2)17(13-7-5-4-6-8-13)14(18)11-16(3)10-9-15(19)20/h12-13H,4-11H2,1-3H3,(H,19,20). The van der Waals surface area contributed by atoms with Crippen LogP contribution in [-0.2, 0) is 9.59 Å². The average molecular weight is 284 g/mol. The van der Waals surface area contributed by atoms with Crippen LogP contribution in [-0.4, -0.2) is 59.0 Å². The minimum Gasteiger partial charge on any atom is -0.481 e. The Bertz CT molecular complexity index is 325. The molecule has 1 saturated carbocycles. The highest BCUT2D eigenvalue weighted by Gasteiger charge is 2.27. The minimum atomic E-state index is -0.822. The van der Waals surface area contributed by atoms with Gasteiger partial charge in [-0.3, -0.25) is 14.5 Å². The normalized spacial score (nSPS) is 16.6. The maximum Gasteiger partial charge on any atom is 0.304 e. The molecule has 1 fully saturated rings. The molecule has 0 aromatic heterocycles. The van der Waals surface area contributed by atoms with E-state index in [0.29, 0.717) is 19.1 Å². The van der Waals surface area contributed by atoms with Crippen molar-refractivity contribution in [3.8, 4) is 0 Å². The Labute approximate surface area is 121 Å². The van der Waals surface area contributed by atoms with Crippen LogP contribution in [0.4, 0.5) is 0 Å². The molecular formula is C15H28N2O3. The molecule has 0 saturated heterocycles. The summed E-state index contributed by atoms with van der Waals surface area (Å²) in [4.78, 5) is 26.8. The third-order valence-electron chi connectivity index (χ3n) is 3.92. The predicted octanol–water partition coefficient (Wildman–Crippen LogP) is 1.96. The van der Waals surface area contributed by atoms with Crippen LogP contribution in [0.15, 0.2) is 0 Å². The van der Waals surface area contributed by atoms with Crippen LogP contribution in [0.2, 0.25) is 0 Å². The van der Waals surface area contributed by atoms with Gasteiger partial charge in [-0.2, -0.15) is 0 Å². The maximum absolute atomic E-state index is 12.5. The molecule has 0 heterocycles. The first-order valence-electron chi connectivity index (χ1n) is 7.63. The first-order chi connectivity index (χ1) is 9.41. The summed E-state index contributed by atoms with van der Waals surface area (Å²) in [5, 5.41) is 8.68. The number of hydrogen-bond acceptors (Lipinski definition) is 3. The predicted molar refractivity (Wildman–Crippen MR) is 78.6 cm³/mol. The van der Waals surface area contributed by atoms with Crippen LogP contribution >= 0.6 is 0 Å². The molecule has 1 rings (SSSR count). The lowest BCUT2D eigenvalue weighted by Gasteiger charge is -2.38. The van der Waals surface area contributed by atoms with Gasteiger partial charge in [-0.1, -0.05) is 19.3 Å². The fraction of sp³-hybridized carbons (Fsp3) is 0.867. The molecule has 0 radical (unpaired) electrons. The number of carbonyl (C=O) groups excluding carboxylic acids is 1. The Morgan fingerprint density at radius 3 is 2.30 bits per heavy atom. The summed E-state index contributed by atoms with van der Waals surface area (Å²) in [5.41, 5.74) is 0. The molecule has 5 heteroatoms. The molecule has 1 aliphatic carbocycles. The Morgan fingerprint density at radius 2 is 1.80 bits per heavy atom. The van der Waals surface area contributed by atoms with E-state index in [0.717, 1.165) is 12.8 Å². The highest BCUT2D eigenvalue weighted by Crippen LogP contribution is 2.24. The summed E-state index contributed by atoms with van der Waals surface area (Å²) in [6.07, 6.45) is 5.96. The van der Waals surface area contributed by atoms with E-state index in [4.69, 9.17) is 5.11 Å². The zero-order valence-corrected chi connectivity index (χ0v) is 13.0. The van der Waals surface area contributed by atoms with Crippen molar-refractivity contribution in [3.63, 3.8) is 0 Å². The Morgan fingerprint density at radius 1 is 1.20 bits per heavy atom. The van der Waals surface area contributed by atoms with E-state index in [1.54, 1.807) is 11.9 Å². The van der Waals surface area contributed by atoms with E-state index in [1.165, 1.54) is 19.3 Å². The highest BCUT2D eigenvalue weighted by atomic mass is 16.4. The molecule has 0 atom stereocenters. The van der Waals surface area contributed by atoms with E-state index in [-0.39, 0.29) is 18.4 Å². The summed E-state index contributed by atoms with van der Waals surface area (Å²) < 4.78 is 0. The van der Waals surface area contributed by atoms with Crippen LogP contribution in [0, 0.1) is 0 Å². The zero-order valence-electron chi connectivity index (χ0n) is 13.0. The van der Waals surface area contributed by atoms with Gasteiger partial charge in [-0.05, 0) is 33.7 Å². The van der Waals surface area contributed by atoms with Gasteiger partial charge in [0.2, 0.25) is 5.91 Å². The van der Waals surface area contributed by atoms with Gasteiger partial charge in [-0.25, -0.2) is 0 Å². The van der Waals surface area contributed by atoms with Crippen LogP contribution in [0.5, 0.6) is 0 Å². The topological polar surface area (TPSA) is 60.9 Å². The summed E-state index contributed by atoms with van der Waals surface area (Å²) in [5.74, 6) is -0.697. The van der Waals surface area contributed by atoms with Crippen molar-refractivity contribution in [2.75, 3.05) is 20.1 Å². The third-order valence-corrected chi connectivity index (χ3v) is 3.92. The third kappa shape index (κ3) is 5.49. The second-order valence-electron chi connectivity index (χ2n) is 6.07. The molecule has 1 aliphatic rings. The molecule has 116 valence electrons. The van der Waals surface area contributed by atoms with E-state index in [2.05, 4.69) is 13.8 Å². The van der Waals surface area contributed by atoms with Gasteiger partial charge < -0.3 is 10.0 Å². The zero-order chi connectivity index (χ0) is 15.1. The van der Waals surface area contributed by atoms with Gasteiger partial charge in [0.15, 0.2) is 0 Å². The lowest BCUT2D eigenvalue weighted by atomic mass is 9.93. The summed E-state index contributed by atoms with van der Waals surface area (Å²) in [6, 6.07) is 0.572. The molecule has 0 bridgehead atoms. The number of carboxylic acid groups (broad SMARTS) is 1. The average Bonchev–Trinajstić information content (AvgIpc) is 2.37. The van der Waals surface area contributed by atoms with Crippen LogP contribution < -0.4 is 0 Å². The monoisotopic (exact) mass is 284 g/mol. The summed E-state index contributed by atoms with van der Waals surface area (Å²) >= 11 is 0. The largest absolute Gasteiger partial charge is 0.481 e. The lowest BCUT2D eigenvalue weighted by Crippen LogP contribution is -2.49. The molecule has 20 heavy (non-hydrogen) atoms. The lowest BCUT2D eigenvalue weighted by molar-refractivity contribution is -0.140. The highest BCUT2D eigenvalue weighted by molar-refractivity contribution is 5.79. The first kappa shape index (κ1) is 17.0. The number of carbonyl (C=O) groups is 2. The SMILES string of the molecule is CC(C)N(C(=O)CN(C)CCC(=O)O)C1CCCCC1. The van der Waals surface area contributed by atoms with Gasteiger partial charge in [0.25, 0.3) is 0 Å². The summed E-state index contributed by atoms with van der Waals surface area (Å²) in [6.45, 7) is 4.84. The van der Waals surface area contributed by atoms with Crippen molar-refractivity contribution in [3.05, 3.63) is 0 Å². The maximum atomic E-state index is 12.5. The van der Waals surface area contributed by atoms with E-state index >= 15 is 0 Å². The van der Waals surface area contributed by atoms with Crippen molar-refractivity contribution >= 4 is 11.9 Å². The Hall–Kier alpha value is -1.10. The number of hydrogen-bond donors (Lipinski definition) is 1. The van der Waals surface area contributed by atoms with Gasteiger partial charge in [-0.15, -0.1) is 0 Å². The molecular weight excluding hydrogens is 256 g/mol. The smallest absolute Gasteiger partial charge is 0.304 e. The summed E-state index contributed by atoms with van der Waals surface area (Å²) in [7, 11) is 1.81. The van der Waals surface area contributed by atoms with Crippen molar-refractivity contribution < 1.29 is 14.7 Å². The second kappa shape index (κ2) is 8.25. The second-order valence-corrected chi connectivity index (χ2v) is 6.07. The molecule has 0 aromatic rings. The number of aliphatic carboxylic acids is 1. The van der Waals surface area contributed by atoms with Gasteiger partial charge >= 0.3 is 5.97 Å². The van der Waals surface area contributed by atoms with Gasteiger partial charge in [0.05, 0.1) is 13.0 Å². The number of amides is 1. The molecule has 1 N–H and O–H groups in total. The van der Waals surface area contributed by atoms with Crippen LogP contribution in [0.3, 0.4) is 0 Å². The Kier molecular flexibility index (Phi) is 6.99. The van der Waals surface area contributed by atoms with Gasteiger partial charge in [0, 0.05) is 18.6 Å². The number of rotatable bonds is 7. The first-order valence-corrected chi connectivity index (χ1v) is 7.63. The number of nitrogens with zero attached hydrogens (tertiary/aromatic N) is 2. The van der Waals surface area contributed by atoms with Crippen molar-refractivity contribution in [2.24, 2.45) is 0 Å². The minimum absolute atomic E-state index is 0.0783. The Balaban J connectivity index is 2.53. The molecule has 5 nitrogen and oxygen atoms in total. The van der Waals surface area contributed by atoms with Gasteiger partial charge in [0.1, 0.15) is 0 Å². The molecule has 0 aromatic carbocycles. The fourth-order valence-electron chi connectivity index (χ4n) is 2.95. The van der Waals surface area contributed by atoms with E-state index in [1.807, 2.05) is 4.90 Å². The molecule has 0 aliphatic heterocycles. The van der Waals surface area contributed by atoms with E-state index < -0.39 is 5.97 Å². The molecule has 0 unspecified atom stereocenters. The molecule has 1 amide bonds. The van der Waals surface area contributed by atoms with Crippen LogP contribution in [0.25, 0.3) is 0 Å². The molecule has 0 spiro atoms. The van der Waals surface area contributed by atoms with Crippen molar-refractivity contribution in [1.29, 1.82) is 0 Å².